The maximum Gasteiger partial charge on any atom is 0.242 e. The summed E-state index contributed by atoms with van der Waals surface area (Å²) >= 11 is 6.03. The van der Waals surface area contributed by atoms with Gasteiger partial charge in [-0.25, -0.2) is 8.42 Å². The third-order valence-corrected chi connectivity index (χ3v) is 8.34. The fourth-order valence-corrected chi connectivity index (χ4v) is 5.78. The summed E-state index contributed by atoms with van der Waals surface area (Å²) in [6, 6.07) is 13.4. The summed E-state index contributed by atoms with van der Waals surface area (Å²) in [6.07, 6.45) is 6.82. The summed E-state index contributed by atoms with van der Waals surface area (Å²) < 4.78 is 31.4. The largest absolute Gasteiger partial charge is 0.497 e. The topological polar surface area (TPSA) is 96.0 Å². The van der Waals surface area contributed by atoms with Crippen molar-refractivity contribution in [2.45, 2.75) is 70.5 Å². The normalized spacial score (nSPS) is 14.9. The lowest BCUT2D eigenvalue weighted by molar-refractivity contribution is -0.141. The maximum atomic E-state index is 13.4. The van der Waals surface area contributed by atoms with Gasteiger partial charge in [0, 0.05) is 30.6 Å². The van der Waals surface area contributed by atoms with Crippen molar-refractivity contribution in [3.63, 3.8) is 0 Å². The van der Waals surface area contributed by atoms with E-state index < -0.39 is 16.1 Å². The second-order valence-corrected chi connectivity index (χ2v) is 12.1. The Bertz CT molecular complexity index is 1170. The van der Waals surface area contributed by atoms with Gasteiger partial charge in [-0.15, -0.1) is 0 Å². The number of rotatable bonds is 12. The third kappa shape index (κ3) is 8.63. The van der Waals surface area contributed by atoms with Crippen LogP contribution in [0.15, 0.2) is 48.5 Å². The number of hydrogen-bond acceptors (Lipinski definition) is 5. The van der Waals surface area contributed by atoms with Crippen LogP contribution in [0, 0.1) is 0 Å². The highest BCUT2D eigenvalue weighted by atomic mass is 35.5. The van der Waals surface area contributed by atoms with E-state index in [0.717, 1.165) is 37.5 Å². The number of benzene rings is 2. The highest BCUT2D eigenvalue weighted by Crippen LogP contribution is 2.23. The standard InChI is InChI=1S/C28H38ClN3O5S/c1-21(28(34)30-24-8-5-4-6-9-24)31(20-22-11-13-23(29)14-12-22)27(33)10-7-19-32(38(3,35)36)25-15-17-26(37-2)18-16-25/h11-18,21,24H,4-10,19-20H2,1-3H3,(H,30,34). The predicted molar refractivity (Wildman–Crippen MR) is 151 cm³/mol. The Balaban J connectivity index is 1.70. The van der Waals surface area contributed by atoms with Crippen LogP contribution in [-0.4, -0.2) is 57.1 Å². The van der Waals surface area contributed by atoms with E-state index >= 15 is 0 Å². The van der Waals surface area contributed by atoms with Crippen LogP contribution in [0.2, 0.25) is 5.02 Å². The number of nitrogens with one attached hydrogen (secondary N) is 1. The number of amides is 2. The minimum atomic E-state index is -3.56. The van der Waals surface area contributed by atoms with Crippen LogP contribution in [0.4, 0.5) is 5.69 Å². The van der Waals surface area contributed by atoms with E-state index in [2.05, 4.69) is 5.32 Å². The van der Waals surface area contributed by atoms with Gasteiger partial charge in [0.1, 0.15) is 11.8 Å². The molecule has 1 unspecified atom stereocenters. The molecule has 0 saturated heterocycles. The molecule has 1 saturated carbocycles. The van der Waals surface area contributed by atoms with Crippen molar-refractivity contribution < 1.29 is 22.7 Å². The molecule has 38 heavy (non-hydrogen) atoms. The van der Waals surface area contributed by atoms with Gasteiger partial charge in [-0.1, -0.05) is 43.0 Å². The zero-order valence-corrected chi connectivity index (χ0v) is 23.9. The molecule has 2 aromatic rings. The van der Waals surface area contributed by atoms with Gasteiger partial charge in [0.2, 0.25) is 21.8 Å². The van der Waals surface area contributed by atoms with Gasteiger partial charge in [-0.2, -0.15) is 0 Å². The van der Waals surface area contributed by atoms with Gasteiger partial charge in [-0.05, 0) is 68.1 Å². The molecule has 2 amide bonds. The number of anilines is 1. The number of hydrogen-bond donors (Lipinski definition) is 1. The Morgan fingerprint density at radius 3 is 2.26 bits per heavy atom. The minimum absolute atomic E-state index is 0.0941. The molecule has 0 aliphatic heterocycles. The monoisotopic (exact) mass is 563 g/mol. The summed E-state index contributed by atoms with van der Waals surface area (Å²) in [5, 5.41) is 3.71. The average molecular weight is 564 g/mol. The lowest BCUT2D eigenvalue weighted by Gasteiger charge is -2.31. The van der Waals surface area contributed by atoms with E-state index in [1.165, 1.54) is 10.7 Å². The third-order valence-electron chi connectivity index (χ3n) is 6.90. The van der Waals surface area contributed by atoms with Gasteiger partial charge in [0.25, 0.3) is 0 Å². The van der Waals surface area contributed by atoms with Crippen molar-refractivity contribution in [1.29, 1.82) is 0 Å². The van der Waals surface area contributed by atoms with Crippen LogP contribution in [0.1, 0.15) is 57.4 Å². The Hall–Kier alpha value is -2.78. The summed E-state index contributed by atoms with van der Waals surface area (Å²) in [6.45, 7) is 2.13. The number of carbonyl (C=O) groups is 2. The number of halogens is 1. The van der Waals surface area contributed by atoms with E-state index in [9.17, 15) is 18.0 Å². The second-order valence-electron chi connectivity index (χ2n) is 9.80. The highest BCUT2D eigenvalue weighted by Gasteiger charge is 2.28. The summed E-state index contributed by atoms with van der Waals surface area (Å²) in [4.78, 5) is 28.1. The second kappa shape index (κ2) is 13.8. The quantitative estimate of drug-likeness (QED) is 0.401. The first-order valence-corrected chi connectivity index (χ1v) is 15.3. The zero-order chi connectivity index (χ0) is 27.7. The fraction of sp³-hybridized carbons (Fsp3) is 0.500. The molecule has 0 radical (unpaired) electrons. The van der Waals surface area contributed by atoms with E-state index in [1.807, 2.05) is 12.1 Å². The number of nitrogens with zero attached hydrogens (tertiary/aromatic N) is 2. The molecule has 1 N–H and O–H groups in total. The fourth-order valence-electron chi connectivity index (χ4n) is 4.69. The van der Waals surface area contributed by atoms with Crippen molar-refractivity contribution in [1.82, 2.24) is 10.2 Å². The molecule has 1 aliphatic carbocycles. The van der Waals surface area contributed by atoms with Crippen LogP contribution in [0.25, 0.3) is 0 Å². The summed E-state index contributed by atoms with van der Waals surface area (Å²) in [5.41, 5.74) is 1.36. The van der Waals surface area contributed by atoms with Crippen molar-refractivity contribution in [2.75, 3.05) is 24.2 Å². The van der Waals surface area contributed by atoms with Crippen LogP contribution < -0.4 is 14.4 Å². The number of ether oxygens (including phenoxy) is 1. The molecule has 8 nitrogen and oxygen atoms in total. The van der Waals surface area contributed by atoms with Crippen LogP contribution in [0.5, 0.6) is 5.75 Å². The number of sulfonamides is 1. The Labute approximate surface area is 231 Å². The minimum Gasteiger partial charge on any atom is -0.497 e. The van der Waals surface area contributed by atoms with E-state index in [-0.39, 0.29) is 37.4 Å². The van der Waals surface area contributed by atoms with Gasteiger partial charge in [-0.3, -0.25) is 13.9 Å². The smallest absolute Gasteiger partial charge is 0.242 e. The van der Waals surface area contributed by atoms with E-state index in [0.29, 0.717) is 22.9 Å². The number of methoxy groups -OCH3 is 1. The first-order chi connectivity index (χ1) is 18.1. The zero-order valence-electron chi connectivity index (χ0n) is 22.4. The molecule has 1 atom stereocenters. The molecular formula is C28H38ClN3O5S. The lowest BCUT2D eigenvalue weighted by atomic mass is 9.95. The predicted octanol–water partition coefficient (Wildman–Crippen LogP) is 4.76. The summed E-state index contributed by atoms with van der Waals surface area (Å²) in [7, 11) is -2.02. The first kappa shape index (κ1) is 29.8. The van der Waals surface area contributed by atoms with Crippen LogP contribution >= 0.6 is 11.6 Å². The summed E-state index contributed by atoms with van der Waals surface area (Å²) in [5.74, 6) is 0.236. The van der Waals surface area contributed by atoms with E-state index in [1.54, 1.807) is 55.3 Å². The lowest BCUT2D eigenvalue weighted by Crippen LogP contribution is -2.50. The Morgan fingerprint density at radius 1 is 1.05 bits per heavy atom. The van der Waals surface area contributed by atoms with Gasteiger partial charge >= 0.3 is 0 Å². The maximum absolute atomic E-state index is 13.4. The number of carbonyl (C=O) groups excluding carboxylic acids is 2. The van der Waals surface area contributed by atoms with Crippen LogP contribution in [-0.2, 0) is 26.2 Å². The van der Waals surface area contributed by atoms with Crippen molar-refractivity contribution in [3.8, 4) is 5.75 Å². The molecule has 10 heteroatoms. The molecule has 1 aliphatic rings. The SMILES string of the molecule is COc1ccc(N(CCCC(=O)N(Cc2ccc(Cl)cc2)C(C)C(=O)NC2CCCCC2)S(C)(=O)=O)cc1. The van der Waals surface area contributed by atoms with Crippen molar-refractivity contribution in [2.24, 2.45) is 0 Å². The molecule has 3 rings (SSSR count). The average Bonchev–Trinajstić information content (AvgIpc) is 2.90. The molecule has 1 fully saturated rings. The van der Waals surface area contributed by atoms with Crippen molar-refractivity contribution in [3.05, 3.63) is 59.1 Å². The molecule has 0 spiro atoms. The van der Waals surface area contributed by atoms with Gasteiger partial charge in [0.05, 0.1) is 19.1 Å². The molecule has 2 aromatic carbocycles. The molecule has 0 heterocycles. The van der Waals surface area contributed by atoms with Crippen molar-refractivity contribution >= 4 is 39.1 Å². The first-order valence-electron chi connectivity index (χ1n) is 13.0. The molecule has 0 aromatic heterocycles. The van der Waals surface area contributed by atoms with Gasteiger partial charge < -0.3 is 15.0 Å². The molecular weight excluding hydrogens is 526 g/mol. The molecule has 0 bridgehead atoms. The Morgan fingerprint density at radius 2 is 1.68 bits per heavy atom. The molecule has 208 valence electrons. The Kier molecular flexibility index (Phi) is 10.8. The van der Waals surface area contributed by atoms with Crippen LogP contribution in [0.3, 0.4) is 0 Å². The highest BCUT2D eigenvalue weighted by molar-refractivity contribution is 7.92. The van der Waals surface area contributed by atoms with E-state index in [4.69, 9.17) is 16.3 Å². The van der Waals surface area contributed by atoms with Gasteiger partial charge in [0.15, 0.2) is 0 Å².